The molecule has 2 aliphatic rings. The van der Waals surface area contributed by atoms with E-state index in [0.717, 1.165) is 32.0 Å². The van der Waals surface area contributed by atoms with Crippen LogP contribution in [-0.2, 0) is 4.79 Å². The number of nitrogens with one attached hydrogen (secondary N) is 2. The molecule has 10 heteroatoms. The van der Waals surface area contributed by atoms with Gasteiger partial charge in [0.1, 0.15) is 11.6 Å². The van der Waals surface area contributed by atoms with Crippen molar-refractivity contribution >= 4 is 47.6 Å². The van der Waals surface area contributed by atoms with E-state index in [2.05, 4.69) is 28.4 Å². The molecule has 0 bridgehead atoms. The second-order valence-electron chi connectivity index (χ2n) is 5.80. The summed E-state index contributed by atoms with van der Waals surface area (Å²) in [5, 5.41) is 4.94. The molecule has 0 aliphatic carbocycles. The third-order valence-electron chi connectivity index (χ3n) is 3.80. The van der Waals surface area contributed by atoms with Gasteiger partial charge in [-0.2, -0.15) is 17.6 Å². The van der Waals surface area contributed by atoms with Crippen LogP contribution in [0.4, 0.5) is 9.18 Å². The van der Waals surface area contributed by atoms with Crippen LogP contribution >= 0.6 is 24.4 Å². The average Bonchev–Trinajstić information content (AvgIpc) is 3.03. The Morgan fingerprint density at radius 2 is 2.33 bits per heavy atom. The van der Waals surface area contributed by atoms with Gasteiger partial charge in [-0.05, 0) is 42.8 Å². The van der Waals surface area contributed by atoms with E-state index < -0.39 is 11.9 Å². The van der Waals surface area contributed by atoms with Crippen molar-refractivity contribution in [2.24, 2.45) is 4.99 Å². The van der Waals surface area contributed by atoms with Gasteiger partial charge in [0.05, 0.1) is 4.91 Å². The van der Waals surface area contributed by atoms with Crippen molar-refractivity contribution in [1.29, 1.82) is 0 Å². The first kappa shape index (κ1) is 19.7. The molecule has 2 amide bonds. The van der Waals surface area contributed by atoms with E-state index in [1.54, 1.807) is 6.08 Å². The second-order valence-corrected chi connectivity index (χ2v) is 7.26. The first-order valence-electron chi connectivity index (χ1n) is 8.46. The Bertz CT molecular complexity index is 794. The van der Waals surface area contributed by atoms with E-state index in [0.29, 0.717) is 27.9 Å². The number of carbonyl (C=O) groups excluding carboxylic acids is 2. The number of ether oxygens (including phenoxy) is 1. The Labute approximate surface area is 165 Å². The number of carbonyl (C=O) groups is 2. The number of nitrogens with zero attached hydrogens (tertiary/aromatic N) is 2. The van der Waals surface area contributed by atoms with Gasteiger partial charge in [-0.25, -0.2) is 14.6 Å². The number of amidine groups is 1. The first-order valence-corrected chi connectivity index (χ1v) is 9.91. The molecule has 1 saturated heterocycles. The van der Waals surface area contributed by atoms with Crippen LogP contribution in [0, 0.1) is 5.82 Å². The molecule has 3 rings (SSSR count). The summed E-state index contributed by atoms with van der Waals surface area (Å²) in [5.41, 5.74) is 3.61. The molecule has 27 heavy (non-hydrogen) atoms. The Hall–Kier alpha value is -2.04. The lowest BCUT2D eigenvalue weighted by Gasteiger charge is -2.28. The summed E-state index contributed by atoms with van der Waals surface area (Å²) in [6, 6.07) is 3.79. The molecule has 7 nitrogen and oxygen atoms in total. The van der Waals surface area contributed by atoms with Gasteiger partial charge in [0.25, 0.3) is 5.91 Å². The number of hydrogen-bond acceptors (Lipinski definition) is 7. The van der Waals surface area contributed by atoms with Gasteiger partial charge in [0.2, 0.25) is 0 Å². The summed E-state index contributed by atoms with van der Waals surface area (Å²) in [4.78, 5) is 28.5. The van der Waals surface area contributed by atoms with Crippen molar-refractivity contribution in [2.45, 2.75) is 12.8 Å². The summed E-state index contributed by atoms with van der Waals surface area (Å²) in [5.74, 6) is -0.450. The van der Waals surface area contributed by atoms with Crippen molar-refractivity contribution in [2.75, 3.05) is 25.4 Å². The largest absolute Gasteiger partial charge is 0.412 e. The molecular weight excluding hydrogens is 391 g/mol. The summed E-state index contributed by atoms with van der Waals surface area (Å²) < 4.78 is 18.8. The number of benzene rings is 1. The highest BCUT2D eigenvalue weighted by atomic mass is 32.2. The number of aliphatic imine (C=N–C) groups is 1. The van der Waals surface area contributed by atoms with Crippen LogP contribution in [0.1, 0.15) is 18.4 Å². The fraction of sp³-hybridized carbons (Fsp3) is 0.353. The molecule has 0 saturated carbocycles. The predicted octanol–water partition coefficient (Wildman–Crippen LogP) is 2.41. The highest BCUT2D eigenvalue weighted by Crippen LogP contribution is 2.32. The van der Waals surface area contributed by atoms with Gasteiger partial charge in [-0.1, -0.05) is 0 Å². The number of rotatable bonds is 4. The van der Waals surface area contributed by atoms with Gasteiger partial charge >= 0.3 is 6.09 Å². The SMILES string of the molecule is O=C(NCCS)Oc1cc(F)ccc1/C=C1/SC(N2CCCCN2)=NC1=O. The van der Waals surface area contributed by atoms with Gasteiger partial charge in [-0.3, -0.25) is 9.80 Å². The van der Waals surface area contributed by atoms with E-state index in [1.807, 2.05) is 5.01 Å². The molecule has 2 N–H and O–H groups in total. The van der Waals surface area contributed by atoms with Crippen LogP contribution in [0.3, 0.4) is 0 Å². The van der Waals surface area contributed by atoms with E-state index in [4.69, 9.17) is 4.74 Å². The molecule has 0 spiro atoms. The predicted molar refractivity (Wildman–Crippen MR) is 106 cm³/mol. The molecule has 2 heterocycles. The number of thiol groups is 1. The third-order valence-corrected chi connectivity index (χ3v) is 5.03. The van der Waals surface area contributed by atoms with E-state index in [1.165, 1.54) is 23.9 Å². The average molecular weight is 410 g/mol. The normalized spacial score (nSPS) is 18.6. The van der Waals surface area contributed by atoms with Gasteiger partial charge < -0.3 is 10.1 Å². The maximum absolute atomic E-state index is 13.6. The molecule has 0 radical (unpaired) electrons. The zero-order valence-electron chi connectivity index (χ0n) is 14.4. The highest BCUT2D eigenvalue weighted by molar-refractivity contribution is 8.18. The van der Waals surface area contributed by atoms with Gasteiger partial charge in [0.15, 0.2) is 5.17 Å². The number of amides is 2. The number of hydrazine groups is 1. The molecule has 0 aromatic heterocycles. The molecule has 1 aromatic carbocycles. The molecule has 2 aliphatic heterocycles. The van der Waals surface area contributed by atoms with Crippen LogP contribution < -0.4 is 15.5 Å². The number of halogens is 1. The van der Waals surface area contributed by atoms with Gasteiger partial charge in [-0.15, -0.1) is 0 Å². The Balaban J connectivity index is 1.76. The minimum Gasteiger partial charge on any atom is -0.410 e. The zero-order valence-corrected chi connectivity index (χ0v) is 16.1. The fourth-order valence-electron chi connectivity index (χ4n) is 2.52. The van der Waals surface area contributed by atoms with E-state index in [9.17, 15) is 14.0 Å². The topological polar surface area (TPSA) is 83.0 Å². The quantitative estimate of drug-likeness (QED) is 0.522. The van der Waals surface area contributed by atoms with Crippen molar-refractivity contribution < 1.29 is 18.7 Å². The highest BCUT2D eigenvalue weighted by Gasteiger charge is 2.27. The van der Waals surface area contributed by atoms with E-state index in [-0.39, 0.29) is 11.7 Å². The van der Waals surface area contributed by atoms with E-state index >= 15 is 0 Å². The molecule has 1 aromatic rings. The zero-order chi connectivity index (χ0) is 19.2. The number of hydrogen-bond donors (Lipinski definition) is 3. The maximum atomic E-state index is 13.6. The van der Waals surface area contributed by atoms with Crippen LogP contribution in [0.25, 0.3) is 6.08 Å². The first-order chi connectivity index (χ1) is 13.1. The Morgan fingerprint density at radius 3 is 3.07 bits per heavy atom. The summed E-state index contributed by atoms with van der Waals surface area (Å²) >= 11 is 5.23. The van der Waals surface area contributed by atoms with Crippen LogP contribution in [0.5, 0.6) is 5.75 Å². The van der Waals surface area contributed by atoms with Crippen molar-refractivity contribution in [3.05, 3.63) is 34.5 Å². The smallest absolute Gasteiger partial charge is 0.410 e. The lowest BCUT2D eigenvalue weighted by atomic mass is 10.2. The minimum atomic E-state index is -0.714. The van der Waals surface area contributed by atoms with Crippen molar-refractivity contribution in [3.8, 4) is 5.75 Å². The fourth-order valence-corrected chi connectivity index (χ4v) is 3.54. The molecular formula is C17H19FN4O3S2. The van der Waals surface area contributed by atoms with Crippen molar-refractivity contribution in [3.63, 3.8) is 0 Å². The third kappa shape index (κ3) is 5.24. The Morgan fingerprint density at radius 1 is 1.48 bits per heavy atom. The number of thioether (sulfide) groups is 1. The van der Waals surface area contributed by atoms with Crippen LogP contribution in [0.15, 0.2) is 28.1 Å². The minimum absolute atomic E-state index is 0.0251. The molecule has 144 valence electrons. The summed E-state index contributed by atoms with van der Waals surface area (Å²) in [6.07, 6.45) is 2.94. The summed E-state index contributed by atoms with van der Waals surface area (Å²) in [6.45, 7) is 1.94. The maximum Gasteiger partial charge on any atom is 0.412 e. The molecule has 0 unspecified atom stereocenters. The molecule has 1 fully saturated rings. The Kier molecular flexibility index (Phi) is 6.75. The second kappa shape index (κ2) is 9.25. The molecule has 0 atom stereocenters. The standard InChI is InChI=1S/C17H19FN4O3S2/c18-12-4-3-11(13(10-12)25-17(24)19-6-8-26)9-14-15(23)21-16(27-14)22-7-2-1-5-20-22/h3-4,9-10,20,26H,1-2,5-8H2,(H,19,24)/b14-9+. The lowest BCUT2D eigenvalue weighted by Crippen LogP contribution is -2.45. The summed E-state index contributed by atoms with van der Waals surface area (Å²) in [7, 11) is 0. The lowest BCUT2D eigenvalue weighted by molar-refractivity contribution is -0.113. The monoisotopic (exact) mass is 410 g/mol. The van der Waals surface area contributed by atoms with Crippen molar-refractivity contribution in [1.82, 2.24) is 15.8 Å². The van der Waals surface area contributed by atoms with Crippen LogP contribution in [-0.4, -0.2) is 47.6 Å². The van der Waals surface area contributed by atoms with Gasteiger partial charge in [0, 0.05) is 37.0 Å². The van der Waals surface area contributed by atoms with Crippen LogP contribution in [0.2, 0.25) is 0 Å².